The highest BCUT2D eigenvalue weighted by atomic mass is 16.5. The molecule has 50 heavy (non-hydrogen) atoms. The fourth-order valence-electron chi connectivity index (χ4n) is 7.24. The molecule has 2 N–H and O–H groups in total. The molecule has 0 saturated carbocycles. The van der Waals surface area contributed by atoms with Crippen LogP contribution >= 0.6 is 0 Å². The Morgan fingerprint density at radius 2 is 1.78 bits per heavy atom. The molecule has 3 amide bonds. The van der Waals surface area contributed by atoms with E-state index in [1.54, 1.807) is 52.0 Å². The third-order valence-electron chi connectivity index (χ3n) is 9.96. The molecule has 10 nitrogen and oxygen atoms in total. The molecule has 3 aliphatic rings. The number of rotatable bonds is 9. The van der Waals surface area contributed by atoms with Gasteiger partial charge in [0.2, 0.25) is 5.91 Å². The van der Waals surface area contributed by atoms with Gasteiger partial charge < -0.3 is 29.5 Å². The molecule has 0 aromatic heterocycles. The normalized spacial score (nSPS) is 20.3. The van der Waals surface area contributed by atoms with E-state index in [9.17, 15) is 24.6 Å². The molecule has 3 atom stereocenters. The Bertz CT molecular complexity index is 1990. The fourth-order valence-corrected chi connectivity index (χ4v) is 7.24. The van der Waals surface area contributed by atoms with Crippen LogP contribution in [0, 0.1) is 5.92 Å². The number of aliphatic hydroxyl groups excluding tert-OH is 1. The second-order valence-electron chi connectivity index (χ2n) is 12.9. The molecule has 3 aliphatic heterocycles. The van der Waals surface area contributed by atoms with Crippen molar-refractivity contribution in [3.8, 4) is 11.5 Å². The smallest absolute Gasteiger partial charge is 0.269 e. The van der Waals surface area contributed by atoms with Gasteiger partial charge >= 0.3 is 0 Å². The predicted octanol–water partition coefficient (Wildman–Crippen LogP) is 5.01. The molecule has 256 valence electrons. The van der Waals surface area contributed by atoms with Crippen LogP contribution in [0.4, 0.5) is 17.1 Å². The molecule has 0 bridgehead atoms. The molecule has 4 aromatic rings. The van der Waals surface area contributed by atoms with Crippen LogP contribution < -0.4 is 19.3 Å². The van der Waals surface area contributed by atoms with Gasteiger partial charge in [0.1, 0.15) is 11.5 Å². The number of para-hydroxylation sites is 2. The minimum absolute atomic E-state index is 0.0537. The number of methoxy groups -OCH3 is 1. The zero-order valence-corrected chi connectivity index (χ0v) is 28.0. The van der Waals surface area contributed by atoms with Crippen LogP contribution in [0.3, 0.4) is 0 Å². The summed E-state index contributed by atoms with van der Waals surface area (Å²) in [6, 6.07) is 27.6. The molecule has 0 radical (unpaired) electrons. The van der Waals surface area contributed by atoms with Crippen molar-refractivity contribution in [2.45, 2.75) is 44.5 Å². The van der Waals surface area contributed by atoms with Crippen LogP contribution in [0.25, 0.3) is 0 Å². The van der Waals surface area contributed by atoms with E-state index in [1.165, 1.54) is 7.11 Å². The summed E-state index contributed by atoms with van der Waals surface area (Å²) in [6.07, 6.45) is 4.03. The standard InChI is InChI=1S/C40H39N3O7/c1-26(9-7-16-37(45)41-23-29-12-4-3-11-28(29)20-31(41)24-44)40(48)33-21-32(49-2)17-18-34(33)42(39(40)47)22-27-10-8-13-30(19-27)43-35-14-5-6-15-36(35)50-25-38(43)46/h3-15,17-19,21,26,31,44,48H,16,20,22-25H2,1-2H3/b9-7+/t26-,31-,40+/m0/s1. The Labute approximate surface area is 290 Å². The number of benzene rings is 4. The van der Waals surface area contributed by atoms with Crippen molar-refractivity contribution in [1.29, 1.82) is 0 Å². The maximum Gasteiger partial charge on any atom is 0.269 e. The predicted molar refractivity (Wildman–Crippen MR) is 188 cm³/mol. The number of fused-ring (bicyclic) bond motifs is 3. The van der Waals surface area contributed by atoms with Gasteiger partial charge in [-0.15, -0.1) is 0 Å². The quantitative estimate of drug-likeness (QED) is 0.240. The van der Waals surface area contributed by atoms with Crippen LogP contribution in [0.2, 0.25) is 0 Å². The maximum absolute atomic E-state index is 14.3. The molecule has 4 aromatic carbocycles. The van der Waals surface area contributed by atoms with E-state index in [4.69, 9.17) is 9.47 Å². The highest BCUT2D eigenvalue weighted by molar-refractivity contribution is 6.07. The summed E-state index contributed by atoms with van der Waals surface area (Å²) in [6.45, 7) is 2.09. The number of carbonyl (C=O) groups is 3. The van der Waals surface area contributed by atoms with Crippen LogP contribution in [-0.2, 0) is 39.5 Å². The lowest BCUT2D eigenvalue weighted by atomic mass is 9.82. The average Bonchev–Trinajstić information content (AvgIpc) is 3.35. The Morgan fingerprint density at radius 3 is 2.58 bits per heavy atom. The van der Waals surface area contributed by atoms with Crippen molar-refractivity contribution in [2.75, 3.05) is 30.1 Å². The Hall–Kier alpha value is -5.45. The van der Waals surface area contributed by atoms with E-state index in [0.717, 1.165) is 16.7 Å². The second kappa shape index (κ2) is 13.5. The van der Waals surface area contributed by atoms with Crippen LogP contribution in [0.1, 0.15) is 35.6 Å². The number of hydrogen-bond acceptors (Lipinski definition) is 7. The highest BCUT2D eigenvalue weighted by Crippen LogP contribution is 2.47. The number of carbonyl (C=O) groups excluding carboxylic acids is 3. The lowest BCUT2D eigenvalue weighted by Crippen LogP contribution is -2.46. The van der Waals surface area contributed by atoms with Gasteiger partial charge in [-0.3, -0.25) is 19.3 Å². The number of nitrogens with zero attached hydrogens (tertiary/aromatic N) is 3. The van der Waals surface area contributed by atoms with E-state index in [-0.39, 0.29) is 44.0 Å². The van der Waals surface area contributed by atoms with Gasteiger partial charge in [-0.1, -0.05) is 67.6 Å². The largest absolute Gasteiger partial charge is 0.497 e. The van der Waals surface area contributed by atoms with Crippen molar-refractivity contribution in [1.82, 2.24) is 4.90 Å². The Balaban J connectivity index is 1.12. The number of hydrogen-bond donors (Lipinski definition) is 2. The Kier molecular flexibility index (Phi) is 8.90. The van der Waals surface area contributed by atoms with Gasteiger partial charge in [0, 0.05) is 30.1 Å². The summed E-state index contributed by atoms with van der Waals surface area (Å²) in [4.78, 5) is 45.5. The summed E-state index contributed by atoms with van der Waals surface area (Å²) in [5.74, 6) is -0.454. The molecule has 0 saturated heterocycles. The molecule has 0 aliphatic carbocycles. The lowest BCUT2D eigenvalue weighted by molar-refractivity contribution is -0.139. The first-order valence-corrected chi connectivity index (χ1v) is 16.7. The van der Waals surface area contributed by atoms with Crippen LogP contribution in [0.5, 0.6) is 11.5 Å². The van der Waals surface area contributed by atoms with E-state index in [1.807, 2.05) is 72.8 Å². The average molecular weight is 674 g/mol. The topological polar surface area (TPSA) is 120 Å². The first kappa shape index (κ1) is 33.1. The van der Waals surface area contributed by atoms with Gasteiger partial charge in [0.25, 0.3) is 11.8 Å². The van der Waals surface area contributed by atoms with Gasteiger partial charge in [0.15, 0.2) is 12.2 Å². The van der Waals surface area contributed by atoms with Crippen molar-refractivity contribution in [2.24, 2.45) is 5.92 Å². The summed E-state index contributed by atoms with van der Waals surface area (Å²) in [5, 5.41) is 22.3. The maximum atomic E-state index is 14.3. The summed E-state index contributed by atoms with van der Waals surface area (Å²) < 4.78 is 11.1. The summed E-state index contributed by atoms with van der Waals surface area (Å²) in [7, 11) is 1.53. The Morgan fingerprint density at radius 1 is 1.00 bits per heavy atom. The summed E-state index contributed by atoms with van der Waals surface area (Å²) >= 11 is 0. The monoisotopic (exact) mass is 673 g/mol. The van der Waals surface area contributed by atoms with Gasteiger partial charge in [-0.25, -0.2) is 0 Å². The van der Waals surface area contributed by atoms with E-state index < -0.39 is 17.4 Å². The van der Waals surface area contributed by atoms with Gasteiger partial charge in [0.05, 0.1) is 37.7 Å². The zero-order valence-electron chi connectivity index (χ0n) is 28.0. The van der Waals surface area contributed by atoms with Crippen molar-refractivity contribution < 1.29 is 34.1 Å². The van der Waals surface area contributed by atoms with Crippen molar-refractivity contribution in [3.05, 3.63) is 125 Å². The molecule has 0 fully saturated rings. The van der Waals surface area contributed by atoms with Crippen molar-refractivity contribution >= 4 is 34.8 Å². The molecule has 10 heteroatoms. The van der Waals surface area contributed by atoms with Crippen LogP contribution in [0.15, 0.2) is 103 Å². The SMILES string of the molecule is COc1ccc2c(c1)[C@](O)([C@@H](C)/C=C/CC(=O)N1Cc3ccccc3C[C@H]1CO)C(=O)N2Cc1cccc(N2C(=O)COc3ccccc32)c1. The summed E-state index contributed by atoms with van der Waals surface area (Å²) in [5.41, 5.74) is 3.25. The third kappa shape index (κ3) is 5.80. The molecule has 7 rings (SSSR count). The van der Waals surface area contributed by atoms with Gasteiger partial charge in [-0.05, 0) is 65.6 Å². The lowest BCUT2D eigenvalue weighted by Gasteiger charge is -2.36. The van der Waals surface area contributed by atoms with E-state index in [2.05, 4.69) is 0 Å². The highest BCUT2D eigenvalue weighted by Gasteiger charge is 2.52. The second-order valence-corrected chi connectivity index (χ2v) is 12.9. The molecular weight excluding hydrogens is 634 g/mol. The molecular formula is C40H39N3O7. The molecule has 3 heterocycles. The number of aliphatic hydroxyl groups is 2. The van der Waals surface area contributed by atoms with Gasteiger partial charge in [-0.2, -0.15) is 0 Å². The fraction of sp³-hybridized carbons (Fsp3) is 0.275. The van der Waals surface area contributed by atoms with E-state index >= 15 is 0 Å². The minimum atomic E-state index is -1.93. The van der Waals surface area contributed by atoms with Crippen LogP contribution in [-0.4, -0.2) is 59.2 Å². The van der Waals surface area contributed by atoms with E-state index in [0.29, 0.717) is 47.1 Å². The third-order valence-corrected chi connectivity index (χ3v) is 9.96. The minimum Gasteiger partial charge on any atom is -0.497 e. The number of anilines is 3. The molecule has 0 spiro atoms. The first-order valence-electron chi connectivity index (χ1n) is 16.7. The first-order chi connectivity index (χ1) is 24.2. The number of ether oxygens (including phenoxy) is 2. The number of amides is 3. The van der Waals surface area contributed by atoms with Crippen molar-refractivity contribution in [3.63, 3.8) is 0 Å². The molecule has 0 unspecified atom stereocenters. The zero-order chi connectivity index (χ0) is 35.0.